The Morgan fingerprint density at radius 1 is 1.25 bits per heavy atom. The zero-order chi connectivity index (χ0) is 23.1. The summed E-state index contributed by atoms with van der Waals surface area (Å²) >= 11 is 0. The second kappa shape index (κ2) is 10.6. The van der Waals surface area contributed by atoms with Gasteiger partial charge in [0.2, 0.25) is 11.7 Å². The van der Waals surface area contributed by atoms with E-state index in [0.717, 1.165) is 11.3 Å². The Morgan fingerprint density at radius 2 is 2.00 bits per heavy atom. The molecule has 0 saturated carbocycles. The number of ketones is 1. The summed E-state index contributed by atoms with van der Waals surface area (Å²) in [5.41, 5.74) is 1.58. The predicted molar refractivity (Wildman–Crippen MR) is 114 cm³/mol. The van der Waals surface area contributed by atoms with E-state index >= 15 is 0 Å². The first-order valence-electron chi connectivity index (χ1n) is 10.4. The van der Waals surface area contributed by atoms with Gasteiger partial charge in [-0.25, -0.2) is 9.78 Å². The van der Waals surface area contributed by atoms with Crippen LogP contribution in [0.15, 0.2) is 42.9 Å². The zero-order valence-electron chi connectivity index (χ0n) is 18.0. The molecular formula is C22H27N5O5. The number of aromatic nitrogens is 2. The van der Waals surface area contributed by atoms with Crippen LogP contribution in [0.5, 0.6) is 0 Å². The minimum absolute atomic E-state index is 0.0499. The molecule has 2 atom stereocenters. The van der Waals surface area contributed by atoms with Gasteiger partial charge in [-0.3, -0.25) is 14.4 Å². The molecule has 2 heterocycles. The molecule has 2 bridgehead atoms. The first-order valence-corrected chi connectivity index (χ1v) is 10.4. The van der Waals surface area contributed by atoms with Crippen molar-refractivity contribution >= 4 is 23.7 Å². The Labute approximate surface area is 185 Å². The summed E-state index contributed by atoms with van der Waals surface area (Å²) in [6.07, 6.45) is 3.07. The highest BCUT2D eigenvalue weighted by Gasteiger charge is 2.32. The molecule has 3 rings (SSSR count). The molecule has 0 fully saturated rings. The van der Waals surface area contributed by atoms with E-state index in [1.54, 1.807) is 30.9 Å². The van der Waals surface area contributed by atoms with E-state index in [1.165, 1.54) is 0 Å². The average Bonchev–Trinajstić information content (AvgIpc) is 3.21. The van der Waals surface area contributed by atoms with Gasteiger partial charge in [-0.1, -0.05) is 44.2 Å². The molecule has 0 aliphatic carbocycles. The summed E-state index contributed by atoms with van der Waals surface area (Å²) in [5.74, 6) is -2.40. The van der Waals surface area contributed by atoms with Crippen LogP contribution in [0.1, 0.15) is 25.1 Å². The minimum Gasteiger partial charge on any atom is -0.445 e. The van der Waals surface area contributed by atoms with Crippen molar-refractivity contribution in [3.8, 4) is 0 Å². The van der Waals surface area contributed by atoms with Crippen LogP contribution in [0, 0.1) is 5.92 Å². The van der Waals surface area contributed by atoms with Gasteiger partial charge in [0.05, 0.1) is 18.6 Å². The van der Waals surface area contributed by atoms with Gasteiger partial charge < -0.3 is 25.3 Å². The molecular weight excluding hydrogens is 414 g/mol. The minimum atomic E-state index is -1.11. The Hall–Kier alpha value is -3.69. The molecule has 3 amide bonds. The molecule has 170 valence electrons. The number of carbonyl (C=O) groups is 4. The van der Waals surface area contributed by atoms with E-state index in [4.69, 9.17) is 4.74 Å². The van der Waals surface area contributed by atoms with Crippen LogP contribution in [0.3, 0.4) is 0 Å². The quantitative estimate of drug-likeness (QED) is 0.562. The fraction of sp³-hybridized carbons (Fsp3) is 0.409. The molecule has 1 aromatic carbocycles. The van der Waals surface area contributed by atoms with Crippen LogP contribution in [-0.2, 0) is 38.7 Å². The van der Waals surface area contributed by atoms with E-state index in [2.05, 4.69) is 20.9 Å². The lowest BCUT2D eigenvalue weighted by Gasteiger charge is -2.25. The van der Waals surface area contributed by atoms with Crippen molar-refractivity contribution in [1.82, 2.24) is 25.5 Å². The first kappa shape index (κ1) is 23.0. The molecule has 10 nitrogen and oxygen atoms in total. The van der Waals surface area contributed by atoms with E-state index < -0.39 is 35.8 Å². The number of amides is 3. The number of fused-ring (bicyclic) bond motifs is 2. The van der Waals surface area contributed by atoms with Crippen LogP contribution in [0.2, 0.25) is 0 Å². The number of rotatable bonds is 6. The highest BCUT2D eigenvalue weighted by atomic mass is 16.5. The van der Waals surface area contributed by atoms with E-state index in [-0.39, 0.29) is 25.6 Å². The predicted octanol–water partition coefficient (Wildman–Crippen LogP) is 0.560. The first-order chi connectivity index (χ1) is 15.3. The fourth-order valence-corrected chi connectivity index (χ4v) is 3.28. The lowest BCUT2D eigenvalue weighted by Crippen LogP contribution is -2.56. The van der Waals surface area contributed by atoms with Gasteiger partial charge in [-0.05, 0) is 11.5 Å². The summed E-state index contributed by atoms with van der Waals surface area (Å²) in [6, 6.07) is 7.09. The van der Waals surface area contributed by atoms with Crippen molar-refractivity contribution in [3.05, 3.63) is 54.1 Å². The monoisotopic (exact) mass is 441 g/mol. The lowest BCUT2D eigenvalue weighted by molar-refractivity contribution is -0.140. The van der Waals surface area contributed by atoms with Crippen molar-refractivity contribution in [3.63, 3.8) is 0 Å². The molecule has 0 radical (unpaired) electrons. The van der Waals surface area contributed by atoms with Gasteiger partial charge in [-0.15, -0.1) is 0 Å². The highest BCUT2D eigenvalue weighted by Crippen LogP contribution is 2.07. The van der Waals surface area contributed by atoms with Gasteiger partial charge in [-0.2, -0.15) is 0 Å². The number of nitrogens with one attached hydrogen (secondary N) is 3. The van der Waals surface area contributed by atoms with Crippen LogP contribution in [0.25, 0.3) is 0 Å². The van der Waals surface area contributed by atoms with Crippen molar-refractivity contribution in [1.29, 1.82) is 0 Å². The lowest BCUT2D eigenvalue weighted by atomic mass is 10.0. The second-order valence-corrected chi connectivity index (χ2v) is 7.92. The zero-order valence-corrected chi connectivity index (χ0v) is 18.0. The number of hydrogen-bond acceptors (Lipinski definition) is 6. The third kappa shape index (κ3) is 6.16. The summed E-state index contributed by atoms with van der Waals surface area (Å²) in [6.45, 7) is 3.89. The third-order valence-electron chi connectivity index (χ3n) is 5.04. The maximum absolute atomic E-state index is 12.9. The normalized spacial score (nSPS) is 17.3. The van der Waals surface area contributed by atoms with E-state index in [0.29, 0.717) is 6.42 Å². The average molecular weight is 441 g/mol. The Morgan fingerprint density at radius 3 is 2.72 bits per heavy atom. The second-order valence-electron chi connectivity index (χ2n) is 7.92. The topological polar surface area (TPSA) is 131 Å². The van der Waals surface area contributed by atoms with Crippen molar-refractivity contribution in [2.75, 3.05) is 6.54 Å². The van der Waals surface area contributed by atoms with Crippen LogP contribution in [0.4, 0.5) is 4.79 Å². The van der Waals surface area contributed by atoms with Crippen molar-refractivity contribution in [2.45, 2.75) is 45.5 Å². The SMILES string of the molecule is CC(C)C(NC(=O)OCc1ccccc1)C(=O)NC1Cn2cnc(c2)CCNC(=O)C1=O. The largest absolute Gasteiger partial charge is 0.445 e. The summed E-state index contributed by atoms with van der Waals surface area (Å²) in [4.78, 5) is 54.2. The van der Waals surface area contributed by atoms with Crippen LogP contribution >= 0.6 is 0 Å². The Bertz CT molecular complexity index is 972. The Kier molecular flexibility index (Phi) is 7.58. The molecule has 1 aliphatic heterocycles. The van der Waals surface area contributed by atoms with Gasteiger partial charge in [0, 0.05) is 19.2 Å². The Balaban J connectivity index is 1.65. The van der Waals surface area contributed by atoms with Crippen molar-refractivity contribution < 1.29 is 23.9 Å². The molecule has 0 spiro atoms. The molecule has 3 N–H and O–H groups in total. The molecule has 1 aromatic heterocycles. The number of Topliss-reactive ketones (excluding diaryl/α,β-unsaturated/α-hetero) is 1. The molecule has 2 unspecified atom stereocenters. The number of ether oxygens (including phenoxy) is 1. The van der Waals surface area contributed by atoms with Crippen molar-refractivity contribution in [2.24, 2.45) is 5.92 Å². The van der Waals surface area contributed by atoms with Gasteiger partial charge in [0.15, 0.2) is 0 Å². The smallest absolute Gasteiger partial charge is 0.408 e. The number of alkyl carbamates (subject to hydrolysis) is 1. The van der Waals surface area contributed by atoms with E-state index in [1.807, 2.05) is 30.3 Å². The third-order valence-corrected chi connectivity index (χ3v) is 5.04. The highest BCUT2D eigenvalue weighted by molar-refractivity contribution is 6.38. The summed E-state index contributed by atoms with van der Waals surface area (Å²) < 4.78 is 6.85. The summed E-state index contributed by atoms with van der Waals surface area (Å²) in [7, 11) is 0. The molecule has 0 saturated heterocycles. The standard InChI is InChI=1S/C22H27N5O5/c1-14(2)18(26-22(31)32-12-15-6-4-3-5-7-15)20(29)25-17-11-27-10-16(24-13-27)8-9-23-21(30)19(17)28/h3-7,10,13-14,17-18H,8-9,11-12H2,1-2H3,(H,23,30)(H,25,29)(H,26,31). The summed E-state index contributed by atoms with van der Waals surface area (Å²) in [5, 5.41) is 7.70. The van der Waals surface area contributed by atoms with Crippen LogP contribution in [-0.4, -0.2) is 51.9 Å². The molecule has 2 aromatic rings. The van der Waals surface area contributed by atoms with Gasteiger partial charge >= 0.3 is 6.09 Å². The number of benzene rings is 1. The number of imidazole rings is 1. The molecule has 10 heteroatoms. The maximum atomic E-state index is 12.9. The van der Waals surface area contributed by atoms with Gasteiger partial charge in [0.25, 0.3) is 5.91 Å². The maximum Gasteiger partial charge on any atom is 0.408 e. The van der Waals surface area contributed by atoms with E-state index in [9.17, 15) is 19.2 Å². The molecule has 1 aliphatic rings. The number of hydrogen-bond donors (Lipinski definition) is 3. The fourth-order valence-electron chi connectivity index (χ4n) is 3.28. The van der Waals surface area contributed by atoms with Gasteiger partial charge in [0.1, 0.15) is 18.7 Å². The van der Waals surface area contributed by atoms with Crippen LogP contribution < -0.4 is 16.0 Å². The number of nitrogens with zero attached hydrogens (tertiary/aromatic N) is 2. The molecule has 32 heavy (non-hydrogen) atoms. The number of carbonyl (C=O) groups excluding carboxylic acids is 4.